The van der Waals surface area contributed by atoms with E-state index in [4.69, 9.17) is 9.47 Å². The summed E-state index contributed by atoms with van der Waals surface area (Å²) in [4.78, 5) is 55.5. The van der Waals surface area contributed by atoms with Gasteiger partial charge in [0, 0.05) is 33.9 Å². The molecular formula is C35H45N3O6. The molecule has 0 fully saturated rings. The van der Waals surface area contributed by atoms with Gasteiger partial charge in [-0.05, 0) is 56.5 Å². The van der Waals surface area contributed by atoms with Gasteiger partial charge in [0.05, 0.1) is 6.54 Å². The first-order valence-corrected chi connectivity index (χ1v) is 14.8. The number of carbonyl (C=O) groups excluding carboxylic acids is 4. The molecule has 236 valence electrons. The molecule has 0 aliphatic heterocycles. The van der Waals surface area contributed by atoms with Gasteiger partial charge in [-0.3, -0.25) is 19.3 Å². The van der Waals surface area contributed by atoms with Crippen molar-refractivity contribution in [2.45, 2.75) is 77.7 Å². The molecule has 3 rings (SSSR count). The zero-order valence-corrected chi connectivity index (χ0v) is 27.0. The van der Waals surface area contributed by atoms with Crippen LogP contribution in [0.25, 0.3) is 10.8 Å². The van der Waals surface area contributed by atoms with E-state index in [2.05, 4.69) is 5.32 Å². The number of rotatable bonds is 11. The van der Waals surface area contributed by atoms with Gasteiger partial charge in [0.15, 0.2) is 0 Å². The van der Waals surface area contributed by atoms with Gasteiger partial charge < -0.3 is 19.7 Å². The largest absolute Gasteiger partial charge is 0.458 e. The first-order valence-electron chi connectivity index (χ1n) is 14.8. The predicted octanol–water partition coefficient (Wildman–Crippen LogP) is 5.15. The average Bonchev–Trinajstić information content (AvgIpc) is 2.95. The van der Waals surface area contributed by atoms with Crippen molar-refractivity contribution in [1.82, 2.24) is 15.1 Å². The Hall–Kier alpha value is -4.40. The number of amides is 3. The van der Waals surface area contributed by atoms with Crippen molar-refractivity contribution in [2.75, 3.05) is 20.6 Å². The summed E-state index contributed by atoms with van der Waals surface area (Å²) < 4.78 is 11.0. The summed E-state index contributed by atoms with van der Waals surface area (Å²) in [6.45, 7) is 10.1. The molecule has 3 aromatic carbocycles. The molecular weight excluding hydrogens is 558 g/mol. The summed E-state index contributed by atoms with van der Waals surface area (Å²) in [6.07, 6.45) is -0.192. The maximum atomic E-state index is 14.3. The molecule has 3 amide bonds. The highest BCUT2D eigenvalue weighted by molar-refractivity contribution is 5.92. The molecule has 2 unspecified atom stereocenters. The molecule has 0 aliphatic carbocycles. The molecule has 1 N–H and O–H groups in total. The van der Waals surface area contributed by atoms with E-state index in [0.29, 0.717) is 0 Å². The highest BCUT2D eigenvalue weighted by Gasteiger charge is 2.37. The molecule has 0 spiro atoms. The van der Waals surface area contributed by atoms with Crippen molar-refractivity contribution < 1.29 is 28.7 Å². The monoisotopic (exact) mass is 603 g/mol. The van der Waals surface area contributed by atoms with E-state index >= 15 is 0 Å². The molecule has 0 heterocycles. The van der Waals surface area contributed by atoms with Gasteiger partial charge in [-0.25, -0.2) is 4.79 Å². The molecule has 9 nitrogen and oxygen atoms in total. The Morgan fingerprint density at radius 3 is 1.93 bits per heavy atom. The molecule has 0 bridgehead atoms. The van der Waals surface area contributed by atoms with Crippen molar-refractivity contribution in [3.63, 3.8) is 0 Å². The summed E-state index contributed by atoms with van der Waals surface area (Å²) >= 11 is 0. The number of fused-ring (bicyclic) bond motifs is 1. The van der Waals surface area contributed by atoms with Crippen LogP contribution < -0.4 is 5.32 Å². The van der Waals surface area contributed by atoms with E-state index in [0.717, 1.165) is 21.9 Å². The third kappa shape index (κ3) is 9.82. The summed E-state index contributed by atoms with van der Waals surface area (Å²) in [5.74, 6) is -1.28. The maximum absolute atomic E-state index is 14.3. The molecule has 3 aromatic rings. The van der Waals surface area contributed by atoms with Crippen LogP contribution in [0.4, 0.5) is 4.79 Å². The predicted molar refractivity (Wildman–Crippen MR) is 171 cm³/mol. The van der Waals surface area contributed by atoms with E-state index < -0.39 is 47.2 Å². The summed E-state index contributed by atoms with van der Waals surface area (Å²) in [6, 6.07) is 21.4. The van der Waals surface area contributed by atoms with Gasteiger partial charge in [-0.1, -0.05) is 72.8 Å². The van der Waals surface area contributed by atoms with Crippen LogP contribution in [-0.2, 0) is 36.7 Å². The van der Waals surface area contributed by atoms with E-state index in [9.17, 15) is 19.2 Å². The fraction of sp³-hybridized carbons (Fsp3) is 0.429. The molecule has 44 heavy (non-hydrogen) atoms. The number of nitrogens with one attached hydrogen (secondary N) is 1. The number of likely N-dealkylation sites (N-methyl/N-ethyl adjacent to an activating group) is 2. The van der Waals surface area contributed by atoms with E-state index in [-0.39, 0.29) is 19.4 Å². The van der Waals surface area contributed by atoms with E-state index in [1.165, 1.54) is 16.7 Å². The molecule has 0 aliphatic rings. The summed E-state index contributed by atoms with van der Waals surface area (Å²) in [7, 11) is 3.11. The van der Waals surface area contributed by atoms with Crippen LogP contribution in [0.1, 0.15) is 52.7 Å². The lowest BCUT2D eigenvalue weighted by Gasteiger charge is -2.35. The van der Waals surface area contributed by atoms with E-state index in [1.807, 2.05) is 72.8 Å². The highest BCUT2D eigenvalue weighted by atomic mass is 16.6. The van der Waals surface area contributed by atoms with Crippen LogP contribution in [0.2, 0.25) is 0 Å². The van der Waals surface area contributed by atoms with Gasteiger partial charge in [-0.15, -0.1) is 0 Å². The Morgan fingerprint density at radius 2 is 1.32 bits per heavy atom. The van der Waals surface area contributed by atoms with Crippen molar-refractivity contribution in [3.8, 4) is 0 Å². The Kier molecular flexibility index (Phi) is 11.1. The van der Waals surface area contributed by atoms with Gasteiger partial charge in [0.25, 0.3) is 0 Å². The standard InChI is InChI=1S/C35H45N3O6/c1-24(39)43-35(5,6)23-36-31(40)29(21-25-14-10-9-11-15-25)37(7)32(41)30(38(8)33(42)44-34(2,3)4)22-26-18-19-27-16-12-13-17-28(27)20-26/h9-20,29-30H,21-23H2,1-8H3,(H,36,40). The Bertz CT molecular complexity index is 1460. The van der Waals surface area contributed by atoms with Crippen LogP contribution in [0.5, 0.6) is 0 Å². The Morgan fingerprint density at radius 1 is 0.727 bits per heavy atom. The second-order valence-corrected chi connectivity index (χ2v) is 12.7. The van der Waals surface area contributed by atoms with Crippen LogP contribution >= 0.6 is 0 Å². The molecule has 9 heteroatoms. The number of nitrogens with zero attached hydrogens (tertiary/aromatic N) is 2. The number of benzene rings is 3. The molecule has 2 atom stereocenters. The number of hydrogen-bond acceptors (Lipinski definition) is 6. The minimum atomic E-state index is -0.959. The lowest BCUT2D eigenvalue weighted by molar-refractivity contribution is -0.154. The minimum Gasteiger partial charge on any atom is -0.458 e. The molecule has 0 aromatic heterocycles. The van der Waals surface area contributed by atoms with Gasteiger partial charge in [-0.2, -0.15) is 0 Å². The smallest absolute Gasteiger partial charge is 0.410 e. The third-order valence-electron chi connectivity index (χ3n) is 7.18. The zero-order chi connectivity index (χ0) is 32.7. The quantitative estimate of drug-likeness (QED) is 0.304. The fourth-order valence-corrected chi connectivity index (χ4v) is 4.91. The number of carbonyl (C=O) groups is 4. The Balaban J connectivity index is 1.95. The molecule has 0 saturated heterocycles. The SMILES string of the molecule is CC(=O)OC(C)(C)CNC(=O)C(Cc1ccccc1)N(C)C(=O)C(Cc1ccc2ccccc2c1)N(C)C(=O)OC(C)(C)C. The lowest BCUT2D eigenvalue weighted by Crippen LogP contribution is -2.57. The molecule has 0 saturated carbocycles. The minimum absolute atomic E-state index is 0.0526. The first-order chi connectivity index (χ1) is 20.6. The van der Waals surface area contributed by atoms with Crippen LogP contribution in [0.3, 0.4) is 0 Å². The Labute approximate surface area is 260 Å². The number of hydrogen-bond donors (Lipinski definition) is 1. The van der Waals surface area contributed by atoms with Crippen molar-refractivity contribution >= 4 is 34.6 Å². The van der Waals surface area contributed by atoms with Crippen molar-refractivity contribution in [2.24, 2.45) is 0 Å². The normalized spacial score (nSPS) is 13.0. The second-order valence-electron chi connectivity index (χ2n) is 12.7. The second kappa shape index (κ2) is 14.4. The van der Waals surface area contributed by atoms with E-state index in [1.54, 1.807) is 48.7 Å². The topological polar surface area (TPSA) is 105 Å². The van der Waals surface area contributed by atoms with Gasteiger partial charge in [0.1, 0.15) is 23.3 Å². The van der Waals surface area contributed by atoms with Crippen LogP contribution in [0.15, 0.2) is 72.8 Å². The van der Waals surface area contributed by atoms with Crippen molar-refractivity contribution in [1.29, 1.82) is 0 Å². The lowest BCUT2D eigenvalue weighted by atomic mass is 9.98. The highest BCUT2D eigenvalue weighted by Crippen LogP contribution is 2.21. The zero-order valence-electron chi connectivity index (χ0n) is 27.0. The van der Waals surface area contributed by atoms with Crippen LogP contribution in [0, 0.1) is 0 Å². The summed E-state index contributed by atoms with van der Waals surface area (Å²) in [5, 5.41) is 4.94. The van der Waals surface area contributed by atoms with Gasteiger partial charge in [0.2, 0.25) is 11.8 Å². The van der Waals surface area contributed by atoms with Crippen LogP contribution in [-0.4, -0.2) is 77.6 Å². The van der Waals surface area contributed by atoms with Gasteiger partial charge >= 0.3 is 12.1 Å². The molecule has 0 radical (unpaired) electrons. The third-order valence-corrected chi connectivity index (χ3v) is 7.18. The number of ether oxygens (including phenoxy) is 2. The van der Waals surface area contributed by atoms with Crippen molar-refractivity contribution in [3.05, 3.63) is 83.9 Å². The fourth-order valence-electron chi connectivity index (χ4n) is 4.91. The number of esters is 1. The maximum Gasteiger partial charge on any atom is 0.410 e. The summed E-state index contributed by atoms with van der Waals surface area (Å²) in [5.41, 5.74) is 0.00557. The average molecular weight is 604 g/mol. The first kappa shape index (κ1) is 34.1.